The van der Waals surface area contributed by atoms with E-state index in [2.05, 4.69) is 0 Å². The summed E-state index contributed by atoms with van der Waals surface area (Å²) in [4.78, 5) is 10.1. The molecule has 0 saturated carbocycles. The molecule has 69 valence electrons. The maximum Gasteiger partial charge on any atom is 0.420 e. The molecule has 0 aliphatic rings. The van der Waals surface area contributed by atoms with Crippen LogP contribution in [0, 0.1) is 0 Å². The molecule has 0 saturated heterocycles. The first-order valence-corrected chi connectivity index (χ1v) is 3.89. The Morgan fingerprint density at radius 3 is 2.38 bits per heavy atom. The smallest absolute Gasteiger partial charge is 0.420 e. The third-order valence-electron chi connectivity index (χ3n) is 1.92. The fraction of sp³-hybridized carbons (Fsp3) is 0.300. The van der Waals surface area contributed by atoms with E-state index in [1.165, 1.54) is 13.6 Å². The van der Waals surface area contributed by atoms with E-state index < -0.39 is 5.79 Å². The normalized spacial score (nSPS) is 14.6. The van der Waals surface area contributed by atoms with Crippen molar-refractivity contribution in [1.82, 2.24) is 0 Å². The van der Waals surface area contributed by atoms with Gasteiger partial charge in [-0.15, -0.1) is 0 Å². The highest BCUT2D eigenvalue weighted by molar-refractivity contribution is 5.40. The lowest BCUT2D eigenvalue weighted by molar-refractivity contribution is -0.167. The Bertz CT molecular complexity index is 271. The minimum Gasteiger partial charge on any atom is -0.420 e. The van der Waals surface area contributed by atoms with Gasteiger partial charge in [-0.25, -0.2) is 4.79 Å². The highest BCUT2D eigenvalue weighted by atomic mass is 16.7. The van der Waals surface area contributed by atoms with Crippen molar-refractivity contribution in [3.63, 3.8) is 0 Å². The Morgan fingerprint density at radius 2 is 1.92 bits per heavy atom. The van der Waals surface area contributed by atoms with Crippen LogP contribution in [0.15, 0.2) is 30.3 Å². The van der Waals surface area contributed by atoms with Crippen LogP contribution in [0.5, 0.6) is 0 Å². The van der Waals surface area contributed by atoms with Gasteiger partial charge in [0.1, 0.15) is 0 Å². The molecule has 3 heteroatoms. The number of methoxy groups -OCH3 is 1. The van der Waals surface area contributed by atoms with E-state index in [1.807, 2.05) is 30.3 Å². The Hall–Kier alpha value is -1.35. The second-order valence-electron chi connectivity index (χ2n) is 2.70. The Morgan fingerprint density at radius 1 is 1.31 bits per heavy atom. The van der Waals surface area contributed by atoms with Crippen molar-refractivity contribution in [3.8, 4) is 0 Å². The molecular weight excluding hydrogens is 168 g/mol. The molecule has 1 rings (SSSR count). The SMILES string of the molecule is COC(C)(O[C]=O)c1ccccc1. The number of rotatable bonds is 4. The predicted molar refractivity (Wildman–Crippen MR) is 47.6 cm³/mol. The van der Waals surface area contributed by atoms with E-state index in [4.69, 9.17) is 9.47 Å². The van der Waals surface area contributed by atoms with Gasteiger partial charge in [-0.1, -0.05) is 30.3 Å². The van der Waals surface area contributed by atoms with Gasteiger partial charge in [0.05, 0.1) is 0 Å². The van der Waals surface area contributed by atoms with Crippen LogP contribution >= 0.6 is 0 Å². The van der Waals surface area contributed by atoms with E-state index in [-0.39, 0.29) is 0 Å². The third-order valence-corrected chi connectivity index (χ3v) is 1.92. The zero-order valence-corrected chi connectivity index (χ0v) is 7.61. The van der Waals surface area contributed by atoms with Crippen molar-refractivity contribution in [2.45, 2.75) is 12.7 Å². The van der Waals surface area contributed by atoms with Crippen LogP contribution in [0.25, 0.3) is 0 Å². The zero-order chi connectivity index (χ0) is 9.73. The number of hydrogen-bond acceptors (Lipinski definition) is 3. The summed E-state index contributed by atoms with van der Waals surface area (Å²) in [5.74, 6) is -1.04. The fourth-order valence-corrected chi connectivity index (χ4v) is 1.04. The van der Waals surface area contributed by atoms with Crippen molar-refractivity contribution >= 4 is 6.47 Å². The van der Waals surface area contributed by atoms with E-state index >= 15 is 0 Å². The van der Waals surface area contributed by atoms with Gasteiger partial charge in [-0.3, -0.25) is 0 Å². The molecule has 3 nitrogen and oxygen atoms in total. The molecule has 1 aromatic carbocycles. The largest absolute Gasteiger partial charge is 0.420 e. The zero-order valence-electron chi connectivity index (χ0n) is 7.61. The van der Waals surface area contributed by atoms with E-state index in [0.717, 1.165) is 5.56 Å². The quantitative estimate of drug-likeness (QED) is 0.658. The van der Waals surface area contributed by atoms with Gasteiger partial charge in [0.15, 0.2) is 0 Å². The van der Waals surface area contributed by atoms with Crippen molar-refractivity contribution in [2.75, 3.05) is 7.11 Å². The molecule has 0 amide bonds. The lowest BCUT2D eigenvalue weighted by Gasteiger charge is -2.25. The Labute approximate surface area is 77.3 Å². The summed E-state index contributed by atoms with van der Waals surface area (Å²) in [6.45, 7) is 3.04. The lowest BCUT2D eigenvalue weighted by atomic mass is 10.1. The van der Waals surface area contributed by atoms with Crippen molar-refractivity contribution < 1.29 is 14.3 Å². The molecule has 0 fully saturated rings. The van der Waals surface area contributed by atoms with Crippen molar-refractivity contribution in [3.05, 3.63) is 35.9 Å². The summed E-state index contributed by atoms with van der Waals surface area (Å²) in [6, 6.07) is 9.22. The van der Waals surface area contributed by atoms with E-state index in [1.54, 1.807) is 6.92 Å². The average Bonchev–Trinajstić information content (AvgIpc) is 2.19. The van der Waals surface area contributed by atoms with Gasteiger partial charge in [-0.05, 0) is 0 Å². The standard InChI is InChI=1S/C10H11O3/c1-10(12-2,13-8-11)9-6-4-3-5-7-9/h3-7H,1-2H3. The van der Waals surface area contributed by atoms with Crippen LogP contribution in [0.1, 0.15) is 12.5 Å². The highest BCUT2D eigenvalue weighted by Crippen LogP contribution is 2.24. The van der Waals surface area contributed by atoms with Gasteiger partial charge < -0.3 is 9.47 Å². The van der Waals surface area contributed by atoms with E-state index in [0.29, 0.717) is 0 Å². The molecule has 0 N–H and O–H groups in total. The number of hydrogen-bond donors (Lipinski definition) is 0. The first-order valence-electron chi connectivity index (χ1n) is 3.89. The van der Waals surface area contributed by atoms with Gasteiger partial charge in [0.25, 0.3) is 0 Å². The molecule has 0 aromatic heterocycles. The third kappa shape index (κ3) is 2.06. The minimum absolute atomic E-state index is 0.779. The monoisotopic (exact) mass is 179 g/mol. The number of carbonyl (C=O) groups excluding carboxylic acids is 1. The van der Waals surface area contributed by atoms with Crippen molar-refractivity contribution in [1.29, 1.82) is 0 Å². The van der Waals surface area contributed by atoms with E-state index in [9.17, 15) is 4.79 Å². The Kier molecular flexibility index (Phi) is 3.03. The summed E-state index contributed by atoms with van der Waals surface area (Å²) in [6.07, 6.45) is 0. The molecule has 1 unspecified atom stereocenters. The maximum absolute atomic E-state index is 10.1. The minimum atomic E-state index is -1.04. The van der Waals surface area contributed by atoms with Gasteiger partial charge in [0, 0.05) is 19.6 Å². The topological polar surface area (TPSA) is 35.5 Å². The van der Waals surface area contributed by atoms with Crippen LogP contribution in [0.4, 0.5) is 0 Å². The van der Waals surface area contributed by atoms with Gasteiger partial charge >= 0.3 is 6.47 Å². The molecule has 0 bridgehead atoms. The van der Waals surface area contributed by atoms with Gasteiger partial charge in [-0.2, -0.15) is 0 Å². The second kappa shape index (κ2) is 4.05. The first kappa shape index (κ1) is 9.74. The van der Waals surface area contributed by atoms with Crippen LogP contribution in [0.3, 0.4) is 0 Å². The van der Waals surface area contributed by atoms with Crippen LogP contribution < -0.4 is 0 Å². The van der Waals surface area contributed by atoms with Gasteiger partial charge in [0.2, 0.25) is 5.79 Å². The molecule has 1 aromatic rings. The molecule has 13 heavy (non-hydrogen) atoms. The summed E-state index contributed by atoms with van der Waals surface area (Å²) in [5, 5.41) is 0. The molecule has 0 heterocycles. The second-order valence-corrected chi connectivity index (χ2v) is 2.70. The average molecular weight is 179 g/mol. The van der Waals surface area contributed by atoms with Crippen LogP contribution in [-0.2, 0) is 20.1 Å². The summed E-state index contributed by atoms with van der Waals surface area (Å²) in [7, 11) is 1.48. The highest BCUT2D eigenvalue weighted by Gasteiger charge is 2.27. The van der Waals surface area contributed by atoms with Crippen LogP contribution in [-0.4, -0.2) is 13.6 Å². The molecule has 0 aliphatic carbocycles. The van der Waals surface area contributed by atoms with Crippen molar-refractivity contribution in [2.24, 2.45) is 0 Å². The maximum atomic E-state index is 10.1. The first-order chi connectivity index (χ1) is 6.23. The molecular formula is C10H11O3. The summed E-state index contributed by atoms with van der Waals surface area (Å²) >= 11 is 0. The number of benzene rings is 1. The molecule has 1 atom stereocenters. The van der Waals surface area contributed by atoms with Crippen LogP contribution in [0.2, 0.25) is 0 Å². The molecule has 1 radical (unpaired) electrons. The Balaban J connectivity index is 2.95. The summed E-state index contributed by atoms with van der Waals surface area (Å²) < 4.78 is 9.82. The lowest BCUT2D eigenvalue weighted by Crippen LogP contribution is -2.27. The molecule has 0 aliphatic heterocycles. The number of ether oxygens (including phenoxy) is 2. The molecule has 0 spiro atoms. The fourth-order valence-electron chi connectivity index (χ4n) is 1.04. The predicted octanol–water partition coefficient (Wildman–Crippen LogP) is 1.59. The summed E-state index contributed by atoms with van der Waals surface area (Å²) in [5.41, 5.74) is 0.779.